The standard InChI is InChI=1S/C16H19N3O/c1-18-16(17)19(2)15-7-5-4-6-14(15)12-8-10-13(20-3)11-9-12/h4-11H,1-3H3,(H2,17,18). The van der Waals surface area contributed by atoms with Crippen LogP contribution >= 0.6 is 0 Å². The molecule has 0 unspecified atom stereocenters. The molecule has 0 heterocycles. The number of nitrogens with zero attached hydrogens (tertiary/aromatic N) is 1. The molecule has 4 nitrogen and oxygen atoms in total. The molecular weight excluding hydrogens is 250 g/mol. The summed E-state index contributed by atoms with van der Waals surface area (Å²) in [5.74, 6) is 1.19. The van der Waals surface area contributed by atoms with Crippen LogP contribution in [-0.2, 0) is 0 Å². The predicted octanol–water partition coefficient (Wildman–Crippen LogP) is 2.95. The Hall–Kier alpha value is -2.49. The first-order chi connectivity index (χ1) is 9.67. The number of benzene rings is 2. The zero-order chi connectivity index (χ0) is 14.5. The number of hydrogen-bond acceptors (Lipinski definition) is 2. The van der Waals surface area contributed by atoms with E-state index in [9.17, 15) is 0 Å². The SMILES string of the molecule is CNC(=N)N(C)c1ccccc1-c1ccc(OC)cc1. The van der Waals surface area contributed by atoms with Crippen LogP contribution in [-0.4, -0.2) is 27.2 Å². The van der Waals surface area contributed by atoms with Gasteiger partial charge in [-0.2, -0.15) is 0 Å². The van der Waals surface area contributed by atoms with Gasteiger partial charge < -0.3 is 15.0 Å². The summed E-state index contributed by atoms with van der Waals surface area (Å²) >= 11 is 0. The van der Waals surface area contributed by atoms with E-state index in [-0.39, 0.29) is 0 Å². The van der Waals surface area contributed by atoms with Gasteiger partial charge in [0.05, 0.1) is 12.8 Å². The maximum absolute atomic E-state index is 7.90. The second-order valence-electron chi connectivity index (χ2n) is 4.40. The van der Waals surface area contributed by atoms with Crippen LogP contribution in [0.4, 0.5) is 5.69 Å². The molecule has 0 saturated heterocycles. The first-order valence-corrected chi connectivity index (χ1v) is 6.41. The topological polar surface area (TPSA) is 48.4 Å². The maximum atomic E-state index is 7.90. The molecule has 0 aromatic heterocycles. The van der Waals surface area contributed by atoms with Gasteiger partial charge in [0, 0.05) is 19.7 Å². The van der Waals surface area contributed by atoms with Crippen molar-refractivity contribution in [2.45, 2.75) is 0 Å². The molecular formula is C16H19N3O. The molecule has 0 aliphatic heterocycles. The largest absolute Gasteiger partial charge is 0.497 e. The van der Waals surface area contributed by atoms with Crippen LogP contribution in [0, 0.1) is 5.41 Å². The zero-order valence-electron chi connectivity index (χ0n) is 12.0. The second kappa shape index (κ2) is 6.10. The van der Waals surface area contributed by atoms with Gasteiger partial charge >= 0.3 is 0 Å². The maximum Gasteiger partial charge on any atom is 0.195 e. The first-order valence-electron chi connectivity index (χ1n) is 6.41. The molecule has 0 fully saturated rings. The number of para-hydroxylation sites is 1. The van der Waals surface area contributed by atoms with Gasteiger partial charge in [-0.1, -0.05) is 30.3 Å². The van der Waals surface area contributed by atoms with Crippen LogP contribution in [0.25, 0.3) is 11.1 Å². The predicted molar refractivity (Wildman–Crippen MR) is 83.6 cm³/mol. The third-order valence-electron chi connectivity index (χ3n) is 3.24. The van der Waals surface area contributed by atoms with Gasteiger partial charge in [0.25, 0.3) is 0 Å². The molecule has 0 atom stereocenters. The fourth-order valence-electron chi connectivity index (χ4n) is 2.07. The lowest BCUT2D eigenvalue weighted by Gasteiger charge is -2.22. The Labute approximate surface area is 119 Å². The van der Waals surface area contributed by atoms with Crippen LogP contribution in [0.1, 0.15) is 0 Å². The van der Waals surface area contributed by atoms with Crippen molar-refractivity contribution in [3.05, 3.63) is 48.5 Å². The lowest BCUT2D eigenvalue weighted by molar-refractivity contribution is 0.415. The molecule has 2 aromatic rings. The van der Waals surface area contributed by atoms with Crippen LogP contribution < -0.4 is 15.0 Å². The minimum Gasteiger partial charge on any atom is -0.497 e. The Morgan fingerprint density at radius 1 is 1.10 bits per heavy atom. The van der Waals surface area contributed by atoms with Gasteiger partial charge in [0.1, 0.15) is 5.75 Å². The van der Waals surface area contributed by atoms with E-state index in [1.807, 2.05) is 54.4 Å². The van der Waals surface area contributed by atoms with E-state index < -0.39 is 0 Å². The third kappa shape index (κ3) is 2.74. The van der Waals surface area contributed by atoms with Crippen LogP contribution in [0.3, 0.4) is 0 Å². The number of guanidine groups is 1. The average molecular weight is 269 g/mol. The van der Waals surface area contributed by atoms with E-state index in [4.69, 9.17) is 10.1 Å². The number of anilines is 1. The molecule has 0 amide bonds. The van der Waals surface area contributed by atoms with Crippen molar-refractivity contribution in [3.8, 4) is 16.9 Å². The average Bonchev–Trinajstić information content (AvgIpc) is 2.53. The number of methoxy groups -OCH3 is 1. The highest BCUT2D eigenvalue weighted by molar-refractivity contribution is 5.97. The molecule has 2 aromatic carbocycles. The van der Waals surface area contributed by atoms with E-state index in [2.05, 4.69) is 11.4 Å². The van der Waals surface area contributed by atoms with Crippen molar-refractivity contribution in [1.29, 1.82) is 5.41 Å². The van der Waals surface area contributed by atoms with Gasteiger partial charge in [-0.3, -0.25) is 5.41 Å². The summed E-state index contributed by atoms with van der Waals surface area (Å²) in [5.41, 5.74) is 3.16. The smallest absolute Gasteiger partial charge is 0.195 e. The lowest BCUT2D eigenvalue weighted by Crippen LogP contribution is -2.35. The van der Waals surface area contributed by atoms with Crippen molar-refractivity contribution in [1.82, 2.24) is 5.32 Å². The van der Waals surface area contributed by atoms with E-state index >= 15 is 0 Å². The Kier molecular flexibility index (Phi) is 4.25. The van der Waals surface area contributed by atoms with E-state index in [0.717, 1.165) is 22.6 Å². The molecule has 0 spiro atoms. The van der Waals surface area contributed by atoms with Crippen molar-refractivity contribution >= 4 is 11.6 Å². The van der Waals surface area contributed by atoms with Gasteiger partial charge in [0.15, 0.2) is 5.96 Å². The molecule has 0 aliphatic rings. The summed E-state index contributed by atoms with van der Waals surface area (Å²) in [4.78, 5) is 1.82. The summed E-state index contributed by atoms with van der Waals surface area (Å²) < 4.78 is 5.18. The van der Waals surface area contributed by atoms with Gasteiger partial charge in [-0.25, -0.2) is 0 Å². The highest BCUT2D eigenvalue weighted by Gasteiger charge is 2.11. The molecule has 0 bridgehead atoms. The molecule has 104 valence electrons. The minimum atomic E-state index is 0.353. The molecule has 0 aliphatic carbocycles. The van der Waals surface area contributed by atoms with Crippen molar-refractivity contribution in [2.75, 3.05) is 26.1 Å². The van der Waals surface area contributed by atoms with Gasteiger partial charge in [-0.15, -0.1) is 0 Å². The highest BCUT2D eigenvalue weighted by atomic mass is 16.5. The minimum absolute atomic E-state index is 0.353. The summed E-state index contributed by atoms with van der Waals surface area (Å²) in [7, 11) is 5.28. The Balaban J connectivity index is 2.43. The molecule has 0 radical (unpaired) electrons. The molecule has 4 heteroatoms. The normalized spacial score (nSPS) is 9.95. The zero-order valence-corrected chi connectivity index (χ0v) is 12.0. The third-order valence-corrected chi connectivity index (χ3v) is 3.24. The fraction of sp³-hybridized carbons (Fsp3) is 0.188. The van der Waals surface area contributed by atoms with Crippen LogP contribution in [0.2, 0.25) is 0 Å². The highest BCUT2D eigenvalue weighted by Crippen LogP contribution is 2.31. The Bertz CT molecular complexity index is 593. The fourth-order valence-corrected chi connectivity index (χ4v) is 2.07. The van der Waals surface area contributed by atoms with E-state index in [1.165, 1.54) is 0 Å². The lowest BCUT2D eigenvalue weighted by atomic mass is 10.0. The molecule has 20 heavy (non-hydrogen) atoms. The van der Waals surface area contributed by atoms with E-state index in [1.54, 1.807) is 14.2 Å². The first kappa shape index (κ1) is 13.9. The summed E-state index contributed by atoms with van der Waals surface area (Å²) in [5, 5.41) is 10.7. The number of rotatable bonds is 3. The summed E-state index contributed by atoms with van der Waals surface area (Å²) in [6.45, 7) is 0. The second-order valence-corrected chi connectivity index (χ2v) is 4.40. The van der Waals surface area contributed by atoms with Crippen molar-refractivity contribution < 1.29 is 4.74 Å². The number of hydrogen-bond donors (Lipinski definition) is 2. The van der Waals surface area contributed by atoms with Crippen LogP contribution in [0.5, 0.6) is 5.75 Å². The quantitative estimate of drug-likeness (QED) is 0.665. The summed E-state index contributed by atoms with van der Waals surface area (Å²) in [6, 6.07) is 16.0. The molecule has 2 N–H and O–H groups in total. The van der Waals surface area contributed by atoms with Crippen molar-refractivity contribution in [3.63, 3.8) is 0 Å². The van der Waals surface area contributed by atoms with Gasteiger partial charge in [-0.05, 0) is 23.8 Å². The monoisotopic (exact) mass is 269 g/mol. The van der Waals surface area contributed by atoms with Crippen molar-refractivity contribution in [2.24, 2.45) is 0 Å². The van der Waals surface area contributed by atoms with E-state index in [0.29, 0.717) is 5.96 Å². The Morgan fingerprint density at radius 3 is 2.35 bits per heavy atom. The Morgan fingerprint density at radius 2 is 1.75 bits per heavy atom. The summed E-state index contributed by atoms with van der Waals surface area (Å²) in [6.07, 6.45) is 0. The molecule has 0 saturated carbocycles. The van der Waals surface area contributed by atoms with Gasteiger partial charge in [0.2, 0.25) is 0 Å². The molecule has 2 rings (SSSR count). The van der Waals surface area contributed by atoms with Crippen LogP contribution in [0.15, 0.2) is 48.5 Å². The number of nitrogens with one attached hydrogen (secondary N) is 2. The number of ether oxygens (including phenoxy) is 1.